The minimum Gasteiger partial charge on any atom is -0.356 e. The van der Waals surface area contributed by atoms with Crippen LogP contribution in [0.25, 0.3) is 10.8 Å². The third-order valence-corrected chi connectivity index (χ3v) is 3.67. The molecule has 0 unspecified atom stereocenters. The molecule has 2 aromatic rings. The lowest BCUT2D eigenvalue weighted by Gasteiger charge is -2.20. The smallest absolute Gasteiger partial charge is 0.158 e. The second-order valence-electron chi connectivity index (χ2n) is 5.30. The minimum atomic E-state index is 0.759. The Morgan fingerprint density at radius 2 is 1.95 bits per heavy atom. The molecule has 1 heterocycles. The minimum absolute atomic E-state index is 0.759. The highest BCUT2D eigenvalue weighted by atomic mass is 15.3. The van der Waals surface area contributed by atoms with Crippen molar-refractivity contribution in [3.63, 3.8) is 0 Å². The largest absolute Gasteiger partial charge is 0.356 e. The highest BCUT2D eigenvalue weighted by molar-refractivity contribution is 5.93. The molecule has 1 aliphatic rings. The van der Waals surface area contributed by atoms with Crippen LogP contribution >= 0.6 is 0 Å². The fourth-order valence-corrected chi connectivity index (χ4v) is 2.34. The van der Waals surface area contributed by atoms with E-state index in [1.165, 1.54) is 23.6 Å². The molecule has 0 radical (unpaired) electrons. The number of rotatable bonds is 5. The van der Waals surface area contributed by atoms with Crippen molar-refractivity contribution in [2.45, 2.75) is 25.8 Å². The van der Waals surface area contributed by atoms with E-state index in [1.807, 2.05) is 6.92 Å². The zero-order valence-electron chi connectivity index (χ0n) is 11.6. The highest BCUT2D eigenvalue weighted by Crippen LogP contribution is 2.24. The van der Waals surface area contributed by atoms with Gasteiger partial charge >= 0.3 is 0 Å². The topological polar surface area (TPSA) is 41.1 Å². The van der Waals surface area contributed by atoms with Crippen LogP contribution in [-0.2, 0) is 0 Å². The average molecular weight is 256 g/mol. The number of hydrogen-bond acceptors (Lipinski definition) is 4. The van der Waals surface area contributed by atoms with E-state index >= 15 is 0 Å². The monoisotopic (exact) mass is 256 g/mol. The van der Waals surface area contributed by atoms with Crippen molar-refractivity contribution in [2.24, 2.45) is 0 Å². The van der Waals surface area contributed by atoms with Gasteiger partial charge in [0.2, 0.25) is 0 Å². The summed E-state index contributed by atoms with van der Waals surface area (Å²) in [5.41, 5.74) is 0.990. The van der Waals surface area contributed by atoms with Crippen molar-refractivity contribution in [1.82, 2.24) is 15.5 Å². The first-order chi connectivity index (χ1) is 9.25. The lowest BCUT2D eigenvalue weighted by Crippen LogP contribution is -2.31. The summed E-state index contributed by atoms with van der Waals surface area (Å²) >= 11 is 0. The Hall–Kier alpha value is -1.68. The predicted octanol–water partition coefficient (Wildman–Crippen LogP) is 2.13. The maximum absolute atomic E-state index is 4.37. The maximum Gasteiger partial charge on any atom is 0.158 e. The van der Waals surface area contributed by atoms with Crippen LogP contribution < -0.4 is 10.2 Å². The first-order valence-electron chi connectivity index (χ1n) is 6.92. The van der Waals surface area contributed by atoms with E-state index in [9.17, 15) is 0 Å². The molecular formula is C15H20N4. The van der Waals surface area contributed by atoms with E-state index in [2.05, 4.69) is 51.7 Å². The van der Waals surface area contributed by atoms with E-state index in [4.69, 9.17) is 0 Å². The molecule has 0 spiro atoms. The second kappa shape index (κ2) is 5.13. The molecule has 4 heteroatoms. The number of benzene rings is 1. The van der Waals surface area contributed by atoms with Gasteiger partial charge in [-0.05, 0) is 19.8 Å². The van der Waals surface area contributed by atoms with Crippen LogP contribution in [0.1, 0.15) is 18.5 Å². The van der Waals surface area contributed by atoms with Crippen LogP contribution in [-0.4, -0.2) is 36.4 Å². The van der Waals surface area contributed by atoms with E-state index in [0.29, 0.717) is 0 Å². The summed E-state index contributed by atoms with van der Waals surface area (Å²) in [5.74, 6) is 0.971. The predicted molar refractivity (Wildman–Crippen MR) is 78.6 cm³/mol. The molecule has 19 heavy (non-hydrogen) atoms. The van der Waals surface area contributed by atoms with Gasteiger partial charge in [-0.25, -0.2) is 0 Å². The lowest BCUT2D eigenvalue weighted by molar-refractivity contribution is 0.671. The van der Waals surface area contributed by atoms with Gasteiger partial charge in [-0.2, -0.15) is 5.10 Å². The van der Waals surface area contributed by atoms with Crippen molar-refractivity contribution < 1.29 is 0 Å². The van der Waals surface area contributed by atoms with Gasteiger partial charge in [0.15, 0.2) is 5.82 Å². The third kappa shape index (κ3) is 2.68. The van der Waals surface area contributed by atoms with Gasteiger partial charge < -0.3 is 10.2 Å². The Bertz CT molecular complexity index is 577. The number of hydrogen-bond donors (Lipinski definition) is 1. The molecule has 0 amide bonds. The molecule has 4 nitrogen and oxygen atoms in total. The molecule has 1 saturated carbocycles. The summed E-state index contributed by atoms with van der Waals surface area (Å²) in [6, 6.07) is 9.10. The molecule has 1 fully saturated rings. The van der Waals surface area contributed by atoms with Gasteiger partial charge in [-0.15, -0.1) is 5.10 Å². The number of fused-ring (bicyclic) bond motifs is 1. The van der Waals surface area contributed by atoms with E-state index in [0.717, 1.165) is 30.6 Å². The Morgan fingerprint density at radius 1 is 1.21 bits per heavy atom. The number of aromatic nitrogens is 2. The first kappa shape index (κ1) is 12.4. The van der Waals surface area contributed by atoms with Gasteiger partial charge in [0.1, 0.15) is 0 Å². The zero-order chi connectivity index (χ0) is 13.2. The van der Waals surface area contributed by atoms with Crippen LogP contribution in [0.4, 0.5) is 5.82 Å². The van der Waals surface area contributed by atoms with Crippen molar-refractivity contribution in [3.8, 4) is 0 Å². The van der Waals surface area contributed by atoms with Crippen LogP contribution in [0.5, 0.6) is 0 Å². The number of anilines is 1. The first-order valence-corrected chi connectivity index (χ1v) is 6.92. The van der Waals surface area contributed by atoms with Gasteiger partial charge in [0.25, 0.3) is 0 Å². The fourth-order valence-electron chi connectivity index (χ4n) is 2.34. The van der Waals surface area contributed by atoms with Crippen molar-refractivity contribution in [2.75, 3.05) is 25.0 Å². The van der Waals surface area contributed by atoms with Crippen LogP contribution in [0.3, 0.4) is 0 Å². The Kier molecular flexibility index (Phi) is 3.34. The Labute approximate surface area is 113 Å². The van der Waals surface area contributed by atoms with Gasteiger partial charge in [-0.1, -0.05) is 24.3 Å². The van der Waals surface area contributed by atoms with Crippen molar-refractivity contribution in [1.29, 1.82) is 0 Å². The summed E-state index contributed by atoms with van der Waals surface area (Å²) in [7, 11) is 2.08. The Balaban J connectivity index is 1.80. The standard InChI is InChI=1S/C15H20N4/c1-11-13-5-3-4-6-14(13)15(18-17-11)19(2)10-9-16-12-7-8-12/h3-6,12,16H,7-10H2,1-2H3. The zero-order valence-corrected chi connectivity index (χ0v) is 11.6. The number of likely N-dealkylation sites (N-methyl/N-ethyl adjacent to an activating group) is 1. The van der Waals surface area contributed by atoms with Crippen LogP contribution in [0.2, 0.25) is 0 Å². The Morgan fingerprint density at radius 3 is 2.68 bits per heavy atom. The van der Waals surface area contributed by atoms with Gasteiger partial charge in [0.05, 0.1) is 5.69 Å². The summed E-state index contributed by atoms with van der Waals surface area (Å²) in [6.07, 6.45) is 2.66. The van der Waals surface area contributed by atoms with E-state index < -0.39 is 0 Å². The summed E-state index contributed by atoms with van der Waals surface area (Å²) < 4.78 is 0. The number of nitrogens with zero attached hydrogens (tertiary/aromatic N) is 3. The normalized spacial score (nSPS) is 14.8. The van der Waals surface area contributed by atoms with Gasteiger partial charge in [-0.3, -0.25) is 0 Å². The van der Waals surface area contributed by atoms with Gasteiger partial charge in [0, 0.05) is 37.0 Å². The van der Waals surface area contributed by atoms with Crippen LogP contribution in [0, 0.1) is 6.92 Å². The fraction of sp³-hybridized carbons (Fsp3) is 0.467. The summed E-state index contributed by atoms with van der Waals surface area (Å²) in [5, 5.41) is 14.5. The molecule has 0 atom stereocenters. The molecular weight excluding hydrogens is 236 g/mol. The second-order valence-corrected chi connectivity index (χ2v) is 5.30. The summed E-state index contributed by atoms with van der Waals surface area (Å²) in [6.45, 7) is 3.97. The molecule has 0 bridgehead atoms. The van der Waals surface area contributed by atoms with Crippen molar-refractivity contribution >= 4 is 16.6 Å². The lowest BCUT2D eigenvalue weighted by atomic mass is 10.1. The summed E-state index contributed by atoms with van der Waals surface area (Å²) in [4.78, 5) is 2.18. The molecule has 1 aromatic heterocycles. The van der Waals surface area contributed by atoms with E-state index in [1.54, 1.807) is 0 Å². The molecule has 3 rings (SSSR count). The number of aryl methyl sites for hydroxylation is 1. The molecule has 1 aliphatic carbocycles. The van der Waals surface area contributed by atoms with Crippen molar-refractivity contribution in [3.05, 3.63) is 30.0 Å². The molecule has 1 N–H and O–H groups in total. The molecule has 1 aromatic carbocycles. The SMILES string of the molecule is Cc1nnc(N(C)CCNC2CC2)c2ccccc12. The third-order valence-electron chi connectivity index (χ3n) is 3.67. The highest BCUT2D eigenvalue weighted by Gasteiger charge is 2.20. The molecule has 0 saturated heterocycles. The molecule has 100 valence electrons. The van der Waals surface area contributed by atoms with Crippen LogP contribution in [0.15, 0.2) is 24.3 Å². The maximum atomic E-state index is 4.37. The average Bonchev–Trinajstić information content (AvgIpc) is 3.23. The van der Waals surface area contributed by atoms with E-state index in [-0.39, 0.29) is 0 Å². The molecule has 0 aliphatic heterocycles. The quantitative estimate of drug-likeness (QED) is 0.889. The number of nitrogens with one attached hydrogen (secondary N) is 1.